The second kappa shape index (κ2) is 9.70. The van der Waals surface area contributed by atoms with E-state index in [-0.39, 0.29) is 24.9 Å². The van der Waals surface area contributed by atoms with Gasteiger partial charge in [-0.05, 0) is 59.0 Å². The monoisotopic (exact) mass is 449 g/mol. The number of hydrogen-bond acceptors (Lipinski definition) is 4. The molecule has 7 nitrogen and oxygen atoms in total. The van der Waals surface area contributed by atoms with Gasteiger partial charge in [0.1, 0.15) is 18.2 Å². The van der Waals surface area contributed by atoms with Crippen LogP contribution in [0.5, 0.6) is 5.75 Å². The lowest BCUT2D eigenvalue weighted by atomic mass is 9.96. The van der Waals surface area contributed by atoms with E-state index in [0.717, 1.165) is 22.3 Å². The predicted molar refractivity (Wildman–Crippen MR) is 120 cm³/mol. The van der Waals surface area contributed by atoms with Crippen LogP contribution in [0, 0.1) is 5.82 Å². The van der Waals surface area contributed by atoms with Gasteiger partial charge in [-0.15, -0.1) is 0 Å². The highest BCUT2D eigenvalue weighted by Crippen LogP contribution is 2.28. The summed E-state index contributed by atoms with van der Waals surface area (Å²) in [5, 5.41) is 9.68. The highest BCUT2D eigenvalue weighted by Gasteiger charge is 2.25. The van der Waals surface area contributed by atoms with E-state index in [9.17, 15) is 19.2 Å². The van der Waals surface area contributed by atoms with Gasteiger partial charge in [0.15, 0.2) is 0 Å². The van der Waals surface area contributed by atoms with Gasteiger partial charge in [-0.1, -0.05) is 36.4 Å². The minimum atomic E-state index is -0.948. The fourth-order valence-corrected chi connectivity index (χ4v) is 3.89. The minimum Gasteiger partial charge on any atom is -0.492 e. The highest BCUT2D eigenvalue weighted by atomic mass is 19.1. The van der Waals surface area contributed by atoms with Gasteiger partial charge in [-0.2, -0.15) is 0 Å². The molecule has 0 fully saturated rings. The number of urea groups is 1. The number of amides is 3. The molecule has 3 N–H and O–H groups in total. The maximum atomic E-state index is 13.3. The number of rotatable bonds is 7. The van der Waals surface area contributed by atoms with E-state index in [0.29, 0.717) is 35.9 Å². The van der Waals surface area contributed by atoms with Gasteiger partial charge in [0.25, 0.3) is 5.91 Å². The molecule has 0 aromatic heterocycles. The van der Waals surface area contributed by atoms with Crippen molar-refractivity contribution >= 4 is 11.9 Å². The molecule has 0 radical (unpaired) electrons. The first kappa shape index (κ1) is 22.3. The smallest absolute Gasteiger partial charge is 0.338 e. The zero-order chi connectivity index (χ0) is 23.4. The molecule has 0 unspecified atom stereocenters. The van der Waals surface area contributed by atoms with Crippen LogP contribution < -0.4 is 10.5 Å². The van der Waals surface area contributed by atoms with Gasteiger partial charge in [-0.25, -0.2) is 14.2 Å². The van der Waals surface area contributed by atoms with Gasteiger partial charge in [0, 0.05) is 18.7 Å². The third kappa shape index (κ3) is 5.12. The number of hydroxylamine groups is 2. The fraction of sp³-hybridized carbons (Fsp3) is 0.200. The Kier molecular flexibility index (Phi) is 6.55. The summed E-state index contributed by atoms with van der Waals surface area (Å²) in [6, 6.07) is 18.4. The quantitative estimate of drug-likeness (QED) is 0.423. The van der Waals surface area contributed by atoms with Crippen molar-refractivity contribution in [2.24, 2.45) is 5.73 Å². The largest absolute Gasteiger partial charge is 0.492 e. The lowest BCUT2D eigenvalue weighted by Gasteiger charge is -2.29. The molecule has 170 valence electrons. The van der Waals surface area contributed by atoms with Crippen LogP contribution in [0.2, 0.25) is 0 Å². The number of nitrogens with zero attached hydrogens (tertiary/aromatic N) is 2. The molecule has 8 heteroatoms. The van der Waals surface area contributed by atoms with Gasteiger partial charge in [0.2, 0.25) is 0 Å². The Morgan fingerprint density at radius 2 is 1.85 bits per heavy atom. The van der Waals surface area contributed by atoms with Crippen LogP contribution in [0.25, 0.3) is 11.1 Å². The Bertz CT molecular complexity index is 1170. The minimum absolute atomic E-state index is 0.0629. The van der Waals surface area contributed by atoms with Gasteiger partial charge < -0.3 is 15.4 Å². The van der Waals surface area contributed by atoms with Crippen molar-refractivity contribution in [3.05, 3.63) is 89.2 Å². The van der Waals surface area contributed by atoms with Gasteiger partial charge in [-0.3, -0.25) is 10.0 Å². The Balaban J connectivity index is 1.46. The van der Waals surface area contributed by atoms with Crippen LogP contribution in [0.4, 0.5) is 9.18 Å². The number of primary amides is 1. The molecule has 33 heavy (non-hydrogen) atoms. The normalized spacial score (nSPS) is 12.9. The molecular weight excluding hydrogens is 425 g/mol. The number of halogens is 1. The molecule has 3 amide bonds. The second-order valence-corrected chi connectivity index (χ2v) is 7.77. The number of nitrogens with two attached hydrogens (primary N) is 1. The van der Waals surface area contributed by atoms with Crippen LogP contribution in [0.15, 0.2) is 66.7 Å². The number of benzene rings is 3. The van der Waals surface area contributed by atoms with Crippen molar-refractivity contribution < 1.29 is 23.9 Å². The van der Waals surface area contributed by atoms with Crippen molar-refractivity contribution in [2.75, 3.05) is 19.7 Å². The molecule has 0 bridgehead atoms. The van der Waals surface area contributed by atoms with Crippen molar-refractivity contribution in [2.45, 2.75) is 13.0 Å². The standard InChI is InChI=1S/C25H24FN3O4/c26-20-7-5-17(6-8-20)22-4-2-1-3-19(22)16-28-12-11-18-15-21(9-10-23(18)24(28)30)33-14-13-29(32)25(27)31/h1-10,15,32H,11-14,16H2,(H2,27,31). The summed E-state index contributed by atoms with van der Waals surface area (Å²) >= 11 is 0. The summed E-state index contributed by atoms with van der Waals surface area (Å²) < 4.78 is 18.9. The lowest BCUT2D eigenvalue weighted by molar-refractivity contribution is -0.0464. The third-order valence-corrected chi connectivity index (χ3v) is 5.61. The fourth-order valence-electron chi connectivity index (χ4n) is 3.89. The molecule has 0 aliphatic carbocycles. The summed E-state index contributed by atoms with van der Waals surface area (Å²) in [7, 11) is 0. The summed E-state index contributed by atoms with van der Waals surface area (Å²) in [6.07, 6.45) is 0.671. The maximum absolute atomic E-state index is 13.3. The van der Waals surface area contributed by atoms with E-state index < -0.39 is 6.03 Å². The van der Waals surface area contributed by atoms with Crippen molar-refractivity contribution in [3.63, 3.8) is 0 Å². The Labute approximate surface area is 190 Å². The zero-order valence-electron chi connectivity index (χ0n) is 17.9. The number of hydrogen-bond donors (Lipinski definition) is 2. The summed E-state index contributed by atoms with van der Waals surface area (Å²) in [5.41, 5.74) is 9.32. The molecule has 1 aliphatic heterocycles. The summed E-state index contributed by atoms with van der Waals surface area (Å²) in [6.45, 7) is 1.01. The molecule has 0 atom stereocenters. The Morgan fingerprint density at radius 3 is 2.61 bits per heavy atom. The van der Waals surface area contributed by atoms with Gasteiger partial charge in [0.05, 0.1) is 6.54 Å². The van der Waals surface area contributed by atoms with Crippen molar-refractivity contribution in [1.82, 2.24) is 9.96 Å². The van der Waals surface area contributed by atoms with Gasteiger partial charge >= 0.3 is 6.03 Å². The average molecular weight is 449 g/mol. The topological polar surface area (TPSA) is 96.1 Å². The molecule has 3 aromatic rings. The SMILES string of the molecule is NC(=O)N(O)CCOc1ccc2c(c1)CCN(Cc1ccccc1-c1ccc(F)cc1)C2=O. The lowest BCUT2D eigenvalue weighted by Crippen LogP contribution is -2.37. The van der Waals surface area contributed by atoms with E-state index in [1.54, 1.807) is 24.3 Å². The molecule has 3 aromatic carbocycles. The van der Waals surface area contributed by atoms with Crippen LogP contribution in [0.3, 0.4) is 0 Å². The van der Waals surface area contributed by atoms with Crippen LogP contribution >= 0.6 is 0 Å². The summed E-state index contributed by atoms with van der Waals surface area (Å²) in [5.74, 6) is 0.199. The van der Waals surface area contributed by atoms with E-state index >= 15 is 0 Å². The third-order valence-electron chi connectivity index (χ3n) is 5.61. The predicted octanol–water partition coefficient (Wildman–Crippen LogP) is 3.84. The van der Waals surface area contributed by atoms with E-state index in [4.69, 9.17) is 10.5 Å². The molecule has 1 aliphatic rings. The second-order valence-electron chi connectivity index (χ2n) is 7.77. The van der Waals surface area contributed by atoms with Crippen molar-refractivity contribution in [1.29, 1.82) is 0 Å². The first-order valence-corrected chi connectivity index (χ1v) is 10.6. The van der Waals surface area contributed by atoms with Crippen molar-refractivity contribution in [3.8, 4) is 16.9 Å². The Morgan fingerprint density at radius 1 is 1.09 bits per heavy atom. The van der Waals surface area contributed by atoms with Crippen LogP contribution in [-0.4, -0.2) is 46.8 Å². The number of carbonyl (C=O) groups is 2. The number of ether oxygens (including phenoxy) is 1. The van der Waals surface area contributed by atoms with E-state index in [1.165, 1.54) is 12.1 Å². The van der Waals surface area contributed by atoms with Crippen LogP contribution in [0.1, 0.15) is 21.5 Å². The average Bonchev–Trinajstić information content (AvgIpc) is 2.82. The first-order chi connectivity index (χ1) is 15.9. The first-order valence-electron chi connectivity index (χ1n) is 10.6. The van der Waals surface area contributed by atoms with Crippen LogP contribution in [-0.2, 0) is 13.0 Å². The zero-order valence-corrected chi connectivity index (χ0v) is 17.9. The summed E-state index contributed by atoms with van der Waals surface area (Å²) in [4.78, 5) is 25.8. The molecule has 1 heterocycles. The number of fused-ring (bicyclic) bond motifs is 1. The maximum Gasteiger partial charge on any atom is 0.338 e. The van der Waals surface area contributed by atoms with E-state index in [2.05, 4.69) is 0 Å². The molecule has 0 saturated heterocycles. The molecule has 0 spiro atoms. The van der Waals surface area contributed by atoms with E-state index in [1.807, 2.05) is 35.2 Å². The Hall–Kier alpha value is -3.91. The number of carbonyl (C=O) groups excluding carboxylic acids is 2. The molecular formula is C25H24FN3O4. The molecule has 4 rings (SSSR count). The highest BCUT2D eigenvalue weighted by molar-refractivity contribution is 5.97. The molecule has 0 saturated carbocycles.